The fourth-order valence-electron chi connectivity index (χ4n) is 3.34. The third-order valence-corrected chi connectivity index (χ3v) is 5.37. The first-order valence-electron chi connectivity index (χ1n) is 8.92. The maximum atomic E-state index is 13.0. The fourth-order valence-corrected chi connectivity index (χ4v) is 3.58. The number of hydrogen-bond donors (Lipinski definition) is 1. The number of hydrogen-bond acceptors (Lipinski definition) is 3. The van der Waals surface area contributed by atoms with Crippen molar-refractivity contribution in [3.05, 3.63) is 82.4 Å². The van der Waals surface area contributed by atoms with E-state index in [4.69, 9.17) is 11.6 Å². The number of benzene rings is 2. The molecular formula is C21H19ClN4O2. The molecule has 142 valence electrons. The van der Waals surface area contributed by atoms with Crippen molar-refractivity contribution >= 4 is 29.2 Å². The minimum Gasteiger partial charge on any atom is -0.330 e. The molecule has 3 aromatic rings. The standard InChI is InChI=1S/C21H19ClN4O2/c1-13-14(2)25(12-23-13)11-15-6-5-7-16(10-15)26-20(27)19(24-21(26)28)17-8-3-4-9-18(17)22/h3-10,12,19H,11H2,1-2H3,(H,24,28). The molecule has 1 fully saturated rings. The summed E-state index contributed by atoms with van der Waals surface area (Å²) in [5.74, 6) is -0.343. The van der Waals surface area contributed by atoms with E-state index in [1.54, 1.807) is 36.7 Å². The van der Waals surface area contributed by atoms with Crippen molar-refractivity contribution in [3.63, 3.8) is 0 Å². The highest BCUT2D eigenvalue weighted by atomic mass is 35.5. The Morgan fingerprint density at radius 2 is 1.89 bits per heavy atom. The first-order chi connectivity index (χ1) is 13.5. The molecule has 2 heterocycles. The highest BCUT2D eigenvalue weighted by Gasteiger charge is 2.40. The fraction of sp³-hybridized carbons (Fsp3) is 0.190. The molecule has 2 aromatic carbocycles. The molecule has 0 spiro atoms. The summed E-state index contributed by atoms with van der Waals surface area (Å²) in [7, 11) is 0. The van der Waals surface area contributed by atoms with E-state index in [1.165, 1.54) is 4.90 Å². The Morgan fingerprint density at radius 1 is 1.11 bits per heavy atom. The van der Waals surface area contributed by atoms with Crippen LogP contribution in [0.4, 0.5) is 10.5 Å². The van der Waals surface area contributed by atoms with Gasteiger partial charge in [0.25, 0.3) is 5.91 Å². The van der Waals surface area contributed by atoms with Crippen LogP contribution in [0.5, 0.6) is 0 Å². The molecule has 1 atom stereocenters. The molecule has 6 nitrogen and oxygen atoms in total. The van der Waals surface area contributed by atoms with E-state index in [-0.39, 0.29) is 5.91 Å². The number of imide groups is 1. The monoisotopic (exact) mass is 394 g/mol. The average Bonchev–Trinajstić information content (AvgIpc) is 3.15. The smallest absolute Gasteiger partial charge is 0.329 e. The van der Waals surface area contributed by atoms with E-state index in [2.05, 4.69) is 10.3 Å². The van der Waals surface area contributed by atoms with Gasteiger partial charge in [-0.05, 0) is 37.6 Å². The Hall–Kier alpha value is -3.12. The van der Waals surface area contributed by atoms with Gasteiger partial charge in [-0.2, -0.15) is 0 Å². The number of halogens is 1. The number of aryl methyl sites for hydroxylation is 1. The molecule has 0 bridgehead atoms. The van der Waals surface area contributed by atoms with Gasteiger partial charge in [0, 0.05) is 22.8 Å². The Balaban J connectivity index is 1.62. The lowest BCUT2D eigenvalue weighted by Crippen LogP contribution is -2.30. The average molecular weight is 395 g/mol. The third kappa shape index (κ3) is 3.16. The molecule has 1 aromatic heterocycles. The first-order valence-corrected chi connectivity index (χ1v) is 9.29. The van der Waals surface area contributed by atoms with Gasteiger partial charge < -0.3 is 9.88 Å². The first kappa shape index (κ1) is 18.3. The number of nitrogens with zero attached hydrogens (tertiary/aromatic N) is 3. The normalized spacial score (nSPS) is 16.5. The lowest BCUT2D eigenvalue weighted by molar-refractivity contribution is -0.118. The summed E-state index contributed by atoms with van der Waals surface area (Å²) in [6.45, 7) is 4.58. The Labute approximate surface area is 167 Å². The quantitative estimate of drug-likeness (QED) is 0.680. The van der Waals surface area contributed by atoms with Crippen molar-refractivity contribution in [1.29, 1.82) is 0 Å². The summed E-state index contributed by atoms with van der Waals surface area (Å²) >= 11 is 6.21. The van der Waals surface area contributed by atoms with Crippen LogP contribution in [0, 0.1) is 13.8 Å². The molecule has 0 aliphatic carbocycles. The molecule has 7 heteroatoms. The number of aromatic nitrogens is 2. The lowest BCUT2D eigenvalue weighted by atomic mass is 10.1. The molecule has 28 heavy (non-hydrogen) atoms. The second kappa shape index (κ2) is 7.13. The van der Waals surface area contributed by atoms with Crippen LogP contribution in [0.3, 0.4) is 0 Å². The highest BCUT2D eigenvalue weighted by Crippen LogP contribution is 2.31. The van der Waals surface area contributed by atoms with Crippen molar-refractivity contribution in [1.82, 2.24) is 14.9 Å². The Bertz CT molecular complexity index is 1080. The predicted octanol–water partition coefficient (Wildman–Crippen LogP) is 4.00. The maximum absolute atomic E-state index is 13.0. The zero-order chi connectivity index (χ0) is 19.8. The SMILES string of the molecule is Cc1ncn(Cc2cccc(N3C(=O)NC(c4ccccc4Cl)C3=O)c2)c1C. The van der Waals surface area contributed by atoms with Crippen LogP contribution in [-0.2, 0) is 11.3 Å². The molecule has 4 rings (SSSR count). The van der Waals surface area contributed by atoms with Crippen LogP contribution >= 0.6 is 11.6 Å². The van der Waals surface area contributed by atoms with Crippen molar-refractivity contribution < 1.29 is 9.59 Å². The summed E-state index contributed by atoms with van der Waals surface area (Å²) in [5.41, 5.74) is 4.15. The van der Waals surface area contributed by atoms with Crippen molar-refractivity contribution in [2.75, 3.05) is 4.90 Å². The summed E-state index contributed by atoms with van der Waals surface area (Å²) < 4.78 is 2.03. The number of carbonyl (C=O) groups excluding carboxylic acids is 2. The minimum absolute atomic E-state index is 0.343. The molecular weight excluding hydrogens is 376 g/mol. The van der Waals surface area contributed by atoms with Crippen LogP contribution in [0.2, 0.25) is 5.02 Å². The van der Waals surface area contributed by atoms with E-state index in [0.717, 1.165) is 17.0 Å². The number of amides is 3. The van der Waals surface area contributed by atoms with Crippen LogP contribution in [0.15, 0.2) is 54.9 Å². The lowest BCUT2D eigenvalue weighted by Gasteiger charge is -2.15. The predicted molar refractivity (Wildman–Crippen MR) is 107 cm³/mol. The molecule has 1 aliphatic rings. The molecule has 1 N–H and O–H groups in total. The second-order valence-corrected chi connectivity index (χ2v) is 7.20. The third-order valence-electron chi connectivity index (χ3n) is 5.02. The summed E-state index contributed by atoms with van der Waals surface area (Å²) in [6, 6.07) is 13.2. The van der Waals surface area contributed by atoms with Crippen LogP contribution in [-0.4, -0.2) is 21.5 Å². The number of imidazole rings is 1. The van der Waals surface area contributed by atoms with Gasteiger partial charge in [0.05, 0.1) is 17.7 Å². The van der Waals surface area contributed by atoms with Gasteiger partial charge in [0.1, 0.15) is 6.04 Å². The van der Waals surface area contributed by atoms with E-state index in [0.29, 0.717) is 22.8 Å². The number of anilines is 1. The van der Waals surface area contributed by atoms with Gasteiger partial charge in [0.15, 0.2) is 0 Å². The number of rotatable bonds is 4. The Morgan fingerprint density at radius 3 is 2.61 bits per heavy atom. The van der Waals surface area contributed by atoms with Crippen molar-refractivity contribution in [2.24, 2.45) is 0 Å². The molecule has 1 unspecified atom stereocenters. The van der Waals surface area contributed by atoms with E-state index >= 15 is 0 Å². The summed E-state index contributed by atoms with van der Waals surface area (Å²) in [4.78, 5) is 31.0. The summed E-state index contributed by atoms with van der Waals surface area (Å²) in [6.07, 6.45) is 1.79. The Kier molecular flexibility index (Phi) is 4.65. The highest BCUT2D eigenvalue weighted by molar-refractivity contribution is 6.32. The number of nitrogens with one attached hydrogen (secondary N) is 1. The topological polar surface area (TPSA) is 67.2 Å². The van der Waals surface area contributed by atoms with E-state index in [9.17, 15) is 9.59 Å². The van der Waals surface area contributed by atoms with Crippen LogP contribution in [0.1, 0.15) is 28.6 Å². The second-order valence-electron chi connectivity index (χ2n) is 6.79. The zero-order valence-corrected chi connectivity index (χ0v) is 16.3. The van der Waals surface area contributed by atoms with Crippen LogP contribution < -0.4 is 10.2 Å². The largest absolute Gasteiger partial charge is 0.330 e. The van der Waals surface area contributed by atoms with Gasteiger partial charge in [-0.1, -0.05) is 41.9 Å². The maximum Gasteiger partial charge on any atom is 0.329 e. The molecule has 1 aliphatic heterocycles. The van der Waals surface area contributed by atoms with Crippen LogP contribution in [0.25, 0.3) is 0 Å². The number of carbonyl (C=O) groups is 2. The van der Waals surface area contributed by atoms with Gasteiger partial charge in [-0.25, -0.2) is 14.7 Å². The van der Waals surface area contributed by atoms with Crippen molar-refractivity contribution in [3.8, 4) is 0 Å². The zero-order valence-electron chi connectivity index (χ0n) is 15.5. The number of urea groups is 1. The molecule has 0 saturated carbocycles. The van der Waals surface area contributed by atoms with Gasteiger partial charge in [0.2, 0.25) is 0 Å². The van der Waals surface area contributed by atoms with Crippen molar-refractivity contribution in [2.45, 2.75) is 26.4 Å². The van der Waals surface area contributed by atoms with Gasteiger partial charge in [-0.3, -0.25) is 4.79 Å². The molecule has 3 amide bonds. The molecule has 0 radical (unpaired) electrons. The minimum atomic E-state index is -0.789. The van der Waals surface area contributed by atoms with E-state index in [1.807, 2.05) is 36.6 Å². The molecule has 1 saturated heterocycles. The van der Waals surface area contributed by atoms with Gasteiger partial charge >= 0.3 is 6.03 Å². The van der Waals surface area contributed by atoms with Gasteiger partial charge in [-0.15, -0.1) is 0 Å². The van der Waals surface area contributed by atoms with E-state index < -0.39 is 12.1 Å². The summed E-state index contributed by atoms with van der Waals surface area (Å²) in [5, 5.41) is 3.18.